The highest BCUT2D eigenvalue weighted by Crippen LogP contribution is 2.29. The van der Waals surface area contributed by atoms with Crippen molar-refractivity contribution in [2.45, 2.75) is 32.5 Å². The molecule has 1 atom stereocenters. The molecular formula is C26H26FN5O4. The number of carbonyl (C=O) groups is 1. The Bertz CT molecular complexity index is 1290. The minimum atomic E-state index is -0.459. The molecule has 0 spiro atoms. The van der Waals surface area contributed by atoms with Crippen LogP contribution in [0, 0.1) is 12.7 Å². The number of methoxy groups -OCH3 is 1. The van der Waals surface area contributed by atoms with Crippen molar-refractivity contribution >= 4 is 11.6 Å². The summed E-state index contributed by atoms with van der Waals surface area (Å²) in [4.78, 5) is 29.4. The summed E-state index contributed by atoms with van der Waals surface area (Å²) in [5.41, 5.74) is 4.36. The number of benzene rings is 2. The fraction of sp³-hybridized carbons (Fsp3) is 0.308. The van der Waals surface area contributed by atoms with Crippen LogP contribution < -0.4 is 10.1 Å². The molecule has 0 aliphatic carbocycles. The summed E-state index contributed by atoms with van der Waals surface area (Å²) < 4.78 is 23.8. The predicted molar refractivity (Wildman–Crippen MR) is 129 cm³/mol. The third kappa shape index (κ3) is 5.34. The first kappa shape index (κ1) is 23.8. The molecule has 0 bridgehead atoms. The molecule has 1 unspecified atom stereocenters. The van der Waals surface area contributed by atoms with Crippen molar-refractivity contribution in [3.05, 3.63) is 88.3 Å². The average Bonchev–Trinajstić information content (AvgIpc) is 3.36. The highest BCUT2D eigenvalue weighted by molar-refractivity contribution is 6.02. The number of aromatic nitrogens is 2. The van der Waals surface area contributed by atoms with E-state index < -0.39 is 5.82 Å². The highest BCUT2D eigenvalue weighted by Gasteiger charge is 2.26. The van der Waals surface area contributed by atoms with E-state index >= 15 is 0 Å². The van der Waals surface area contributed by atoms with E-state index in [-0.39, 0.29) is 30.0 Å². The van der Waals surface area contributed by atoms with E-state index in [0.717, 1.165) is 12.1 Å². The molecule has 2 aromatic carbocycles. The van der Waals surface area contributed by atoms with E-state index in [4.69, 9.17) is 14.3 Å². The van der Waals surface area contributed by atoms with Crippen LogP contribution in [0.4, 0.5) is 4.39 Å². The normalized spacial score (nSPS) is 17.2. The largest absolute Gasteiger partial charge is 0.494 e. The average molecular weight is 492 g/mol. The van der Waals surface area contributed by atoms with Crippen LogP contribution >= 0.6 is 0 Å². The van der Waals surface area contributed by atoms with Gasteiger partial charge in [0.1, 0.15) is 30.7 Å². The number of carbonyl (C=O) groups excluding carboxylic acids is 1. The lowest BCUT2D eigenvalue weighted by molar-refractivity contribution is -0.149. The third-order valence-electron chi connectivity index (χ3n) is 6.01. The molecule has 1 aromatic heterocycles. The van der Waals surface area contributed by atoms with Crippen molar-refractivity contribution in [1.82, 2.24) is 20.2 Å². The van der Waals surface area contributed by atoms with Crippen LogP contribution in [-0.2, 0) is 22.7 Å². The Morgan fingerprint density at radius 1 is 1.14 bits per heavy atom. The summed E-state index contributed by atoms with van der Waals surface area (Å²) in [5, 5.41) is 7.04. The number of nitrogens with zero attached hydrogens (tertiary/aromatic N) is 4. The summed E-state index contributed by atoms with van der Waals surface area (Å²) in [5.74, 6) is -0.258. The predicted octanol–water partition coefficient (Wildman–Crippen LogP) is 3.48. The maximum atomic E-state index is 13.6. The summed E-state index contributed by atoms with van der Waals surface area (Å²) in [6.45, 7) is 4.11. The van der Waals surface area contributed by atoms with Crippen molar-refractivity contribution in [3.63, 3.8) is 0 Å². The van der Waals surface area contributed by atoms with Gasteiger partial charge in [-0.15, -0.1) is 0 Å². The molecule has 2 aliphatic heterocycles. The van der Waals surface area contributed by atoms with Crippen LogP contribution in [0.3, 0.4) is 0 Å². The maximum absolute atomic E-state index is 13.6. The molecule has 186 valence electrons. The Morgan fingerprint density at radius 2 is 1.92 bits per heavy atom. The number of halogens is 1. The second-order valence-electron chi connectivity index (χ2n) is 8.71. The summed E-state index contributed by atoms with van der Waals surface area (Å²) in [6.07, 6.45) is 0.314. The van der Waals surface area contributed by atoms with E-state index in [1.807, 2.05) is 12.1 Å². The Labute approximate surface area is 207 Å². The second-order valence-corrected chi connectivity index (χ2v) is 8.71. The highest BCUT2D eigenvalue weighted by atomic mass is 19.1. The van der Waals surface area contributed by atoms with Gasteiger partial charge in [0, 0.05) is 19.5 Å². The number of hydrogen-bond donors (Lipinski definition) is 1. The lowest BCUT2D eigenvalue weighted by Gasteiger charge is -2.30. The number of amides is 1. The number of hydrogen-bond acceptors (Lipinski definition) is 8. The molecule has 9 nitrogen and oxygen atoms in total. The molecular weight excluding hydrogens is 465 g/mol. The molecule has 36 heavy (non-hydrogen) atoms. The molecule has 0 radical (unpaired) electrons. The second kappa shape index (κ2) is 10.4. The Morgan fingerprint density at radius 3 is 2.64 bits per heavy atom. The molecule has 1 fully saturated rings. The van der Waals surface area contributed by atoms with Gasteiger partial charge in [0.05, 0.1) is 12.8 Å². The van der Waals surface area contributed by atoms with Gasteiger partial charge in [-0.2, -0.15) is 0 Å². The van der Waals surface area contributed by atoms with Crippen LogP contribution in [0.2, 0.25) is 0 Å². The van der Waals surface area contributed by atoms with Gasteiger partial charge in [-0.05, 0) is 41.8 Å². The molecule has 5 rings (SSSR count). The Hall–Kier alpha value is -3.89. The molecule has 1 N–H and O–H groups in total. The standard InChI is InChI=1S/C26H26FN5O4/c1-16-29-21(10-23(30-16)26(33)28-12-18-5-8-20(27)25(9-18)34-2)22-11-24(36-31-22)19-6-3-17(4-7-19)13-32-14-35-15-32/h3-10,24H,11-15H2,1-2H3,(H,28,33). The van der Waals surface area contributed by atoms with Crippen molar-refractivity contribution in [2.75, 3.05) is 20.6 Å². The van der Waals surface area contributed by atoms with E-state index in [1.165, 1.54) is 18.7 Å². The minimum absolute atomic E-state index is 0.121. The minimum Gasteiger partial charge on any atom is -0.494 e. The quantitative estimate of drug-likeness (QED) is 0.515. The lowest BCUT2D eigenvalue weighted by Crippen LogP contribution is -2.38. The summed E-state index contributed by atoms with van der Waals surface area (Å²) in [6, 6.07) is 14.3. The molecule has 0 saturated carbocycles. The van der Waals surface area contributed by atoms with Crippen LogP contribution in [0.15, 0.2) is 53.7 Å². The topological polar surface area (TPSA) is 98.2 Å². The SMILES string of the molecule is COc1cc(CNC(=O)c2cc(C3=NOC(c4ccc(CN5COC5)cc4)C3)nc(C)n2)ccc1F. The van der Waals surface area contributed by atoms with Crippen molar-refractivity contribution in [1.29, 1.82) is 0 Å². The molecule has 3 aromatic rings. The zero-order valence-electron chi connectivity index (χ0n) is 20.0. The molecule has 3 heterocycles. The van der Waals surface area contributed by atoms with Gasteiger partial charge in [-0.3, -0.25) is 9.69 Å². The zero-order chi connectivity index (χ0) is 25.1. The maximum Gasteiger partial charge on any atom is 0.270 e. The summed E-state index contributed by atoms with van der Waals surface area (Å²) >= 11 is 0. The van der Waals surface area contributed by atoms with Gasteiger partial charge < -0.3 is 19.6 Å². The number of ether oxygens (including phenoxy) is 2. The summed E-state index contributed by atoms with van der Waals surface area (Å²) in [7, 11) is 1.39. The first-order chi connectivity index (χ1) is 17.5. The molecule has 1 amide bonds. The fourth-order valence-electron chi connectivity index (χ4n) is 4.03. The molecule has 1 saturated heterocycles. The van der Waals surface area contributed by atoms with E-state index in [9.17, 15) is 9.18 Å². The van der Waals surface area contributed by atoms with Crippen LogP contribution in [0.1, 0.15) is 51.2 Å². The van der Waals surface area contributed by atoms with E-state index in [1.54, 1.807) is 25.1 Å². The smallest absolute Gasteiger partial charge is 0.270 e. The van der Waals surface area contributed by atoms with Crippen LogP contribution in [-0.4, -0.2) is 47.1 Å². The van der Waals surface area contributed by atoms with Gasteiger partial charge >= 0.3 is 0 Å². The molecule has 10 heteroatoms. The van der Waals surface area contributed by atoms with E-state index in [0.29, 0.717) is 42.7 Å². The number of aryl methyl sites for hydroxylation is 1. The number of oxime groups is 1. The van der Waals surface area contributed by atoms with E-state index in [2.05, 4.69) is 37.5 Å². The molecule has 2 aliphatic rings. The lowest BCUT2D eigenvalue weighted by atomic mass is 10.0. The van der Waals surface area contributed by atoms with Crippen LogP contribution in [0.5, 0.6) is 5.75 Å². The fourth-order valence-corrected chi connectivity index (χ4v) is 4.03. The van der Waals surface area contributed by atoms with Gasteiger partial charge in [0.2, 0.25) is 0 Å². The van der Waals surface area contributed by atoms with Crippen molar-refractivity contribution < 1.29 is 23.5 Å². The van der Waals surface area contributed by atoms with Gasteiger partial charge in [0.15, 0.2) is 17.7 Å². The Kier molecular flexibility index (Phi) is 6.88. The monoisotopic (exact) mass is 491 g/mol. The van der Waals surface area contributed by atoms with Gasteiger partial charge in [0.25, 0.3) is 5.91 Å². The zero-order valence-corrected chi connectivity index (χ0v) is 20.0. The first-order valence-electron chi connectivity index (χ1n) is 11.6. The van der Waals surface area contributed by atoms with Crippen molar-refractivity contribution in [2.24, 2.45) is 5.16 Å². The number of rotatable bonds is 8. The van der Waals surface area contributed by atoms with Gasteiger partial charge in [-0.25, -0.2) is 14.4 Å². The van der Waals surface area contributed by atoms with Crippen LogP contribution in [0.25, 0.3) is 0 Å². The van der Waals surface area contributed by atoms with Gasteiger partial charge in [-0.1, -0.05) is 35.5 Å². The third-order valence-corrected chi connectivity index (χ3v) is 6.01. The number of nitrogens with one attached hydrogen (secondary N) is 1. The van der Waals surface area contributed by atoms with Crippen molar-refractivity contribution in [3.8, 4) is 5.75 Å². The Balaban J connectivity index is 1.22. The first-order valence-corrected chi connectivity index (χ1v) is 11.6.